The summed E-state index contributed by atoms with van der Waals surface area (Å²) in [5.41, 5.74) is 2.62. The van der Waals surface area contributed by atoms with E-state index >= 15 is 0 Å². The molecule has 1 amide bonds. The summed E-state index contributed by atoms with van der Waals surface area (Å²) in [5, 5.41) is 0.918. The molecule has 0 bridgehead atoms. The van der Waals surface area contributed by atoms with Gasteiger partial charge >= 0.3 is 0 Å². The second kappa shape index (κ2) is 7.75. The van der Waals surface area contributed by atoms with E-state index in [1.54, 1.807) is 18.2 Å². The molecule has 0 radical (unpaired) electrons. The van der Waals surface area contributed by atoms with Crippen LogP contribution in [-0.2, 0) is 4.79 Å². The van der Waals surface area contributed by atoms with Gasteiger partial charge in [-0.15, -0.1) is 0 Å². The summed E-state index contributed by atoms with van der Waals surface area (Å²) in [6, 6.07) is 14.9. The Morgan fingerprint density at radius 2 is 1.76 bits per heavy atom. The number of amides is 1. The lowest BCUT2D eigenvalue weighted by Gasteiger charge is -2.15. The molecule has 0 saturated carbocycles. The molecule has 126 valence electrons. The molecule has 0 unspecified atom stereocenters. The van der Waals surface area contributed by atoms with Crippen LogP contribution in [0.25, 0.3) is 6.08 Å². The number of allylic oxidation sites excluding steroid dienone is 2. The van der Waals surface area contributed by atoms with Crippen LogP contribution in [-0.4, -0.2) is 10.2 Å². The highest BCUT2D eigenvalue weighted by molar-refractivity contribution is 8.27. The number of nitrogens with zero attached hydrogens (tertiary/aromatic N) is 1. The smallest absolute Gasteiger partial charge is 0.268 e. The van der Waals surface area contributed by atoms with Gasteiger partial charge in [-0.3, -0.25) is 9.69 Å². The van der Waals surface area contributed by atoms with E-state index in [1.165, 1.54) is 16.7 Å². The minimum atomic E-state index is -0.172. The molecule has 1 heterocycles. The lowest BCUT2D eigenvalue weighted by Crippen LogP contribution is -2.27. The van der Waals surface area contributed by atoms with Crippen LogP contribution in [0, 0.1) is 0 Å². The van der Waals surface area contributed by atoms with E-state index in [0.717, 1.165) is 11.1 Å². The third kappa shape index (κ3) is 4.33. The van der Waals surface area contributed by atoms with Gasteiger partial charge < -0.3 is 0 Å². The molecule has 0 atom stereocenters. The quantitative estimate of drug-likeness (QED) is 0.438. The van der Waals surface area contributed by atoms with E-state index in [4.69, 9.17) is 35.4 Å². The molecule has 25 heavy (non-hydrogen) atoms. The largest absolute Gasteiger partial charge is 0.270 e. The van der Waals surface area contributed by atoms with Gasteiger partial charge in [0, 0.05) is 10.0 Å². The molecule has 1 fully saturated rings. The Bertz CT molecular complexity index is 887. The summed E-state index contributed by atoms with van der Waals surface area (Å²) in [6.07, 6.45) is 3.86. The number of hydrogen-bond donors (Lipinski definition) is 0. The third-order valence-corrected chi connectivity index (χ3v) is 5.19. The third-order valence-electron chi connectivity index (χ3n) is 3.45. The summed E-state index contributed by atoms with van der Waals surface area (Å²) in [5.74, 6) is -0.172. The number of thiocarbonyl (C=S) groups is 1. The zero-order chi connectivity index (χ0) is 18.0. The number of benzene rings is 2. The van der Waals surface area contributed by atoms with Gasteiger partial charge in [0.05, 0.1) is 10.6 Å². The summed E-state index contributed by atoms with van der Waals surface area (Å²) < 4.78 is 0.460. The maximum absolute atomic E-state index is 12.8. The molecule has 1 aliphatic rings. The zero-order valence-corrected chi connectivity index (χ0v) is 16.3. The van der Waals surface area contributed by atoms with Crippen molar-refractivity contribution in [1.82, 2.24) is 0 Å². The van der Waals surface area contributed by atoms with Crippen molar-refractivity contribution >= 4 is 69.2 Å². The second-order valence-electron chi connectivity index (χ2n) is 5.44. The van der Waals surface area contributed by atoms with Crippen LogP contribution < -0.4 is 4.90 Å². The van der Waals surface area contributed by atoms with Crippen LogP contribution in [0.1, 0.15) is 12.5 Å². The molecule has 1 saturated heterocycles. The number of carbonyl (C=O) groups excluding carboxylic acids is 1. The van der Waals surface area contributed by atoms with Gasteiger partial charge in [-0.2, -0.15) is 0 Å². The standard InChI is InChI=1S/C19H13Cl2NOS2/c1-12(7-13-5-3-2-4-6-13)8-17-18(23)22(19(24)25-17)16-10-14(20)9-15(21)11-16/h2-11H,1H3/b12-7+,17-8-. The number of halogens is 2. The maximum atomic E-state index is 12.8. The fourth-order valence-corrected chi connectivity index (χ4v) is 4.28. The molecule has 6 heteroatoms. The topological polar surface area (TPSA) is 20.3 Å². The van der Waals surface area contributed by atoms with E-state index in [0.29, 0.717) is 25.0 Å². The molecule has 0 spiro atoms. The maximum Gasteiger partial charge on any atom is 0.270 e. The number of carbonyl (C=O) groups is 1. The molecule has 2 aromatic rings. The molecule has 1 aliphatic heterocycles. The fourth-order valence-electron chi connectivity index (χ4n) is 2.42. The van der Waals surface area contributed by atoms with Crippen LogP contribution in [0.3, 0.4) is 0 Å². The Balaban J connectivity index is 1.89. The summed E-state index contributed by atoms with van der Waals surface area (Å²) in [7, 11) is 0. The van der Waals surface area contributed by atoms with E-state index in [9.17, 15) is 4.79 Å². The molecule has 0 aliphatic carbocycles. The van der Waals surface area contributed by atoms with Crippen molar-refractivity contribution in [3.8, 4) is 0 Å². The first-order valence-corrected chi connectivity index (χ1v) is 9.39. The number of thioether (sulfide) groups is 1. The van der Waals surface area contributed by atoms with Gasteiger partial charge in [-0.1, -0.05) is 83.6 Å². The van der Waals surface area contributed by atoms with Gasteiger partial charge in [-0.25, -0.2) is 0 Å². The van der Waals surface area contributed by atoms with Crippen molar-refractivity contribution in [3.05, 3.63) is 80.7 Å². The van der Waals surface area contributed by atoms with Gasteiger partial charge in [0.1, 0.15) is 0 Å². The summed E-state index contributed by atoms with van der Waals surface area (Å²) in [4.78, 5) is 14.8. The van der Waals surface area contributed by atoms with E-state index in [2.05, 4.69) is 0 Å². The van der Waals surface area contributed by atoms with Crippen LogP contribution in [0.5, 0.6) is 0 Å². The minimum absolute atomic E-state index is 0.172. The van der Waals surface area contributed by atoms with Gasteiger partial charge in [0.2, 0.25) is 0 Å². The number of hydrogen-bond acceptors (Lipinski definition) is 3. The summed E-state index contributed by atoms with van der Waals surface area (Å²) in [6.45, 7) is 1.95. The normalized spacial score (nSPS) is 16.8. The molecule has 3 rings (SSSR count). The second-order valence-corrected chi connectivity index (χ2v) is 7.99. The first-order chi connectivity index (χ1) is 11.9. The Kier molecular flexibility index (Phi) is 5.64. The molecular formula is C19H13Cl2NOS2. The highest BCUT2D eigenvalue weighted by Crippen LogP contribution is 2.37. The first-order valence-electron chi connectivity index (χ1n) is 7.41. The predicted octanol–water partition coefficient (Wildman–Crippen LogP) is 6.35. The molecule has 2 aromatic carbocycles. The van der Waals surface area contributed by atoms with Gasteiger partial charge in [0.25, 0.3) is 5.91 Å². The number of rotatable bonds is 3. The lowest BCUT2D eigenvalue weighted by molar-refractivity contribution is -0.113. The fraction of sp³-hybridized carbons (Fsp3) is 0.0526. The van der Waals surface area contributed by atoms with Crippen molar-refractivity contribution < 1.29 is 4.79 Å². The van der Waals surface area contributed by atoms with Crippen LogP contribution in [0.2, 0.25) is 10.0 Å². The van der Waals surface area contributed by atoms with Crippen LogP contribution in [0.4, 0.5) is 5.69 Å². The molecule has 0 N–H and O–H groups in total. The molecular weight excluding hydrogens is 393 g/mol. The Morgan fingerprint density at radius 3 is 2.40 bits per heavy atom. The summed E-state index contributed by atoms with van der Waals surface area (Å²) >= 11 is 18.7. The zero-order valence-electron chi connectivity index (χ0n) is 13.2. The van der Waals surface area contributed by atoms with Crippen molar-refractivity contribution in [2.24, 2.45) is 0 Å². The number of anilines is 1. The first kappa shape index (κ1) is 18.2. The minimum Gasteiger partial charge on any atom is -0.268 e. The van der Waals surface area contributed by atoms with Crippen LogP contribution >= 0.6 is 47.2 Å². The van der Waals surface area contributed by atoms with E-state index < -0.39 is 0 Å². The Labute approximate surface area is 166 Å². The van der Waals surface area contributed by atoms with Crippen molar-refractivity contribution in [1.29, 1.82) is 0 Å². The highest BCUT2D eigenvalue weighted by atomic mass is 35.5. The van der Waals surface area contributed by atoms with Crippen LogP contribution in [0.15, 0.2) is 65.1 Å². The molecule has 0 aromatic heterocycles. The SMILES string of the molecule is CC(/C=C1\SC(=S)N(c2cc(Cl)cc(Cl)c2)C1=O)=C\c1ccccc1. The van der Waals surface area contributed by atoms with Crippen molar-refractivity contribution in [2.45, 2.75) is 6.92 Å². The van der Waals surface area contributed by atoms with Crippen molar-refractivity contribution in [3.63, 3.8) is 0 Å². The Morgan fingerprint density at radius 1 is 1.12 bits per heavy atom. The van der Waals surface area contributed by atoms with E-state index in [1.807, 2.05) is 49.4 Å². The lowest BCUT2D eigenvalue weighted by atomic mass is 10.1. The Hall–Kier alpha value is -1.59. The average molecular weight is 406 g/mol. The van der Waals surface area contributed by atoms with Gasteiger partial charge in [-0.05, 0) is 42.3 Å². The predicted molar refractivity (Wildman–Crippen MR) is 112 cm³/mol. The highest BCUT2D eigenvalue weighted by Gasteiger charge is 2.33. The van der Waals surface area contributed by atoms with Gasteiger partial charge in [0.15, 0.2) is 4.32 Å². The molecule has 2 nitrogen and oxygen atoms in total. The van der Waals surface area contributed by atoms with E-state index in [-0.39, 0.29) is 5.91 Å². The monoisotopic (exact) mass is 405 g/mol. The van der Waals surface area contributed by atoms with Crippen molar-refractivity contribution in [2.75, 3.05) is 4.90 Å². The average Bonchev–Trinajstić information content (AvgIpc) is 2.81.